The smallest absolute Gasteiger partial charge is 0.135 e. The summed E-state index contributed by atoms with van der Waals surface area (Å²) in [7, 11) is 0. The number of fused-ring (bicyclic) bond motifs is 18. The van der Waals surface area contributed by atoms with Crippen molar-refractivity contribution < 1.29 is 4.42 Å². The number of aromatic nitrogens is 2. The van der Waals surface area contributed by atoms with Gasteiger partial charge in [0.1, 0.15) is 11.2 Å². The number of rotatable bonds is 14. The number of furan rings is 1. The highest BCUT2D eigenvalue weighted by molar-refractivity contribution is 7.26. The number of anilines is 6. The molecule has 5 nitrogen and oxygen atoms in total. The van der Waals surface area contributed by atoms with E-state index in [4.69, 9.17) is 4.42 Å². The Kier molecular flexibility index (Phi) is 18.4. The Bertz CT molecular complexity index is 8640. The molecular weight excluding hydrogens is 1620 g/mol. The van der Waals surface area contributed by atoms with Crippen LogP contribution >= 0.6 is 11.3 Å². The summed E-state index contributed by atoms with van der Waals surface area (Å²) in [5.74, 6) is 0. The van der Waals surface area contributed by atoms with E-state index in [0.29, 0.717) is 0 Å². The van der Waals surface area contributed by atoms with E-state index in [1.165, 1.54) is 164 Å². The molecule has 0 radical (unpaired) electrons. The van der Waals surface area contributed by atoms with Gasteiger partial charge in [0.25, 0.3) is 0 Å². The predicted octanol–water partition coefficient (Wildman–Crippen LogP) is 35.4. The molecular formula is C126H88N4OS. The van der Waals surface area contributed by atoms with Crippen molar-refractivity contribution in [3.63, 3.8) is 0 Å². The van der Waals surface area contributed by atoms with E-state index in [9.17, 15) is 0 Å². The summed E-state index contributed by atoms with van der Waals surface area (Å²) in [6.45, 7) is 9.43. The molecule has 4 heterocycles. The van der Waals surface area contributed by atoms with Crippen molar-refractivity contribution in [1.29, 1.82) is 0 Å². The highest BCUT2D eigenvalue weighted by Gasteiger charge is 2.38. The Labute approximate surface area is 771 Å². The molecule has 6 heteroatoms. The van der Waals surface area contributed by atoms with Gasteiger partial charge in [-0.25, -0.2) is 0 Å². The number of benzene rings is 20. The zero-order valence-corrected chi connectivity index (χ0v) is 74.3. The lowest BCUT2D eigenvalue weighted by Gasteiger charge is -2.28. The highest BCUT2D eigenvalue weighted by Crippen LogP contribution is 2.54. The maximum Gasteiger partial charge on any atom is 0.135 e. The molecule has 0 spiro atoms. The van der Waals surface area contributed by atoms with Crippen LogP contribution in [0.25, 0.3) is 186 Å². The lowest BCUT2D eigenvalue weighted by atomic mass is 9.82. The zero-order chi connectivity index (χ0) is 87.9. The molecule has 0 saturated carbocycles. The molecule has 24 aromatic rings. The SMILES string of the molecule is CC1(C)c2ccccc2-c2ccc(N(c3ccc(-c4ccc5c(c4)c4ccccc4n5-c4ccc(-c5ccccc5)cc4)cc3)c3ccc(-c4cccc5c4sc4ccccc45)cc3)cc21.CC1(C)c2ccccc2-c2ccc(N(c3ccc(-c4ccc5oc6ccccc6c5c4)cc3)c3ccc(-c4ccc5c(c4)c4ccccc4n5-c4ccc(-c5ccccc5)cc4)cc3)cc21. The first-order valence-corrected chi connectivity index (χ1v) is 46.5. The van der Waals surface area contributed by atoms with E-state index in [2.05, 4.69) is 496 Å². The Hall–Kier alpha value is -16.4. The standard InChI is InChI=1S/C63H44N2O.C63H44N2S/c1-63(2)57-17-9-6-14-51(57)52-35-34-50(40-58(52)63)64(48-30-24-44(25-31-48)46-27-37-62-56(39-46)54-16-8-11-19-61(54)66-62)47-28-22-43(23-29-47)45-26-36-60-55(38-45)53-15-7-10-18-59(53)65(60)49-32-20-42(21-33-49)41-12-4-3-5-13-41;1-63(2)57-20-9-6-15-51(57)52-37-36-49(40-58(52)63)64(47-34-27-44(28-35-47)50-18-12-19-55-54-17-8-11-22-61(54)66-62(50)55)46-30-25-43(26-31-46)45-29-38-60-56(39-45)53-16-7-10-21-59(53)65(60)48-32-23-42(24-33-48)41-13-4-3-5-14-41/h2*3-40H,1-2H3. The molecule has 26 rings (SSSR count). The summed E-state index contributed by atoms with van der Waals surface area (Å²) in [5, 5.41) is 9.89. The second kappa shape index (κ2) is 31.2. The van der Waals surface area contributed by atoms with Crippen molar-refractivity contribution in [3.8, 4) is 100 Å². The Balaban J connectivity index is 0.000000142. The first-order valence-electron chi connectivity index (χ1n) is 45.6. The average molecular weight is 1710 g/mol. The van der Waals surface area contributed by atoms with E-state index in [1.54, 1.807) is 0 Å². The van der Waals surface area contributed by atoms with Crippen LogP contribution in [0.1, 0.15) is 49.9 Å². The highest BCUT2D eigenvalue weighted by atomic mass is 32.1. The minimum atomic E-state index is -0.120. The van der Waals surface area contributed by atoms with Gasteiger partial charge in [0.05, 0.1) is 22.1 Å². The molecule has 0 atom stereocenters. The van der Waals surface area contributed by atoms with Gasteiger partial charge < -0.3 is 23.4 Å². The number of para-hydroxylation sites is 3. The van der Waals surface area contributed by atoms with Crippen LogP contribution in [0.15, 0.2) is 465 Å². The van der Waals surface area contributed by atoms with E-state index in [0.717, 1.165) is 78.6 Å². The molecule has 0 saturated heterocycles. The number of thiophene rings is 1. The summed E-state index contributed by atoms with van der Waals surface area (Å²) in [4.78, 5) is 4.83. The van der Waals surface area contributed by atoms with Gasteiger partial charge in [-0.15, -0.1) is 11.3 Å². The summed E-state index contributed by atoms with van der Waals surface area (Å²) >= 11 is 1.88. The molecule has 2 aliphatic rings. The van der Waals surface area contributed by atoms with Gasteiger partial charge in [-0.2, -0.15) is 0 Å². The van der Waals surface area contributed by atoms with Crippen molar-refractivity contribution in [3.05, 3.63) is 483 Å². The molecule has 4 aromatic heterocycles. The number of nitrogens with zero attached hydrogens (tertiary/aromatic N) is 4. The van der Waals surface area contributed by atoms with Crippen molar-refractivity contribution in [2.45, 2.75) is 38.5 Å². The predicted molar refractivity (Wildman–Crippen MR) is 559 cm³/mol. The molecule has 624 valence electrons. The van der Waals surface area contributed by atoms with Crippen molar-refractivity contribution >= 4 is 131 Å². The van der Waals surface area contributed by atoms with Crippen molar-refractivity contribution in [2.75, 3.05) is 9.80 Å². The third-order valence-electron chi connectivity index (χ3n) is 28.1. The van der Waals surface area contributed by atoms with E-state index in [-0.39, 0.29) is 10.8 Å². The van der Waals surface area contributed by atoms with Gasteiger partial charge >= 0.3 is 0 Å². The Morgan fingerprint density at radius 1 is 0.205 bits per heavy atom. The fraction of sp³-hybridized carbons (Fsp3) is 0.0476. The monoisotopic (exact) mass is 1700 g/mol. The minimum absolute atomic E-state index is 0.113. The maximum atomic E-state index is 6.16. The topological polar surface area (TPSA) is 29.5 Å². The summed E-state index contributed by atoms with van der Waals surface area (Å²) in [5.41, 5.74) is 40.6. The van der Waals surface area contributed by atoms with Gasteiger partial charge in [0.2, 0.25) is 0 Å². The fourth-order valence-electron chi connectivity index (χ4n) is 21.4. The lowest BCUT2D eigenvalue weighted by Crippen LogP contribution is -2.16. The lowest BCUT2D eigenvalue weighted by molar-refractivity contribution is 0.660. The molecule has 0 unspecified atom stereocenters. The summed E-state index contributed by atoms with van der Waals surface area (Å²) < 4.78 is 13.6. The molecule has 0 N–H and O–H groups in total. The van der Waals surface area contributed by atoms with Crippen LogP contribution < -0.4 is 9.80 Å². The second-order valence-corrected chi connectivity index (χ2v) is 37.3. The number of hydrogen-bond donors (Lipinski definition) is 0. The second-order valence-electron chi connectivity index (χ2n) is 36.2. The molecule has 0 bridgehead atoms. The molecule has 0 aliphatic heterocycles. The molecule has 20 aromatic carbocycles. The molecule has 0 amide bonds. The van der Waals surface area contributed by atoms with Crippen molar-refractivity contribution in [2.24, 2.45) is 0 Å². The largest absolute Gasteiger partial charge is 0.456 e. The quantitative estimate of drug-likeness (QED) is 0.109. The summed E-state index contributed by atoms with van der Waals surface area (Å²) in [6, 6.07) is 169. The Morgan fingerprint density at radius 3 is 1.02 bits per heavy atom. The van der Waals surface area contributed by atoms with Gasteiger partial charge in [-0.05, 0) is 269 Å². The van der Waals surface area contributed by atoms with Gasteiger partial charge in [0.15, 0.2) is 0 Å². The first kappa shape index (κ1) is 77.9. The van der Waals surface area contributed by atoms with Gasteiger partial charge in [-0.1, -0.05) is 331 Å². The molecule has 2 aliphatic carbocycles. The van der Waals surface area contributed by atoms with Crippen LogP contribution in [0.4, 0.5) is 34.1 Å². The first-order chi connectivity index (χ1) is 64.9. The normalized spacial score (nSPS) is 12.8. The minimum Gasteiger partial charge on any atom is -0.456 e. The Morgan fingerprint density at radius 2 is 0.530 bits per heavy atom. The van der Waals surface area contributed by atoms with Crippen LogP contribution in [0.2, 0.25) is 0 Å². The number of hydrogen-bond acceptors (Lipinski definition) is 4. The zero-order valence-electron chi connectivity index (χ0n) is 73.5. The van der Waals surface area contributed by atoms with Crippen LogP contribution in [0.5, 0.6) is 0 Å². The van der Waals surface area contributed by atoms with Gasteiger partial charge in [-0.3, -0.25) is 0 Å². The van der Waals surface area contributed by atoms with Crippen molar-refractivity contribution in [1.82, 2.24) is 9.13 Å². The van der Waals surface area contributed by atoms with Crippen LogP contribution in [0, 0.1) is 0 Å². The van der Waals surface area contributed by atoms with Gasteiger partial charge in [0, 0.05) is 109 Å². The van der Waals surface area contributed by atoms with E-state index < -0.39 is 0 Å². The average Bonchev–Trinajstić information content (AvgIpc) is 1.57. The maximum absolute atomic E-state index is 6.16. The fourth-order valence-corrected chi connectivity index (χ4v) is 22.6. The third-order valence-corrected chi connectivity index (χ3v) is 29.3. The molecule has 132 heavy (non-hydrogen) atoms. The molecule has 0 fully saturated rings. The van der Waals surface area contributed by atoms with E-state index >= 15 is 0 Å². The van der Waals surface area contributed by atoms with E-state index in [1.807, 2.05) is 23.5 Å². The van der Waals surface area contributed by atoms with Crippen LogP contribution in [0.3, 0.4) is 0 Å². The van der Waals surface area contributed by atoms with Crippen LogP contribution in [-0.2, 0) is 10.8 Å². The van der Waals surface area contributed by atoms with Crippen LogP contribution in [-0.4, -0.2) is 9.13 Å². The summed E-state index contributed by atoms with van der Waals surface area (Å²) in [6.07, 6.45) is 0. The third kappa shape index (κ3) is 13.0.